The molecule has 4 aromatic rings. The predicted molar refractivity (Wildman–Crippen MR) is 86.2 cm³/mol. The SMILES string of the molecule is O[B]c1ccc2c(c1)c1ccccc1n2-c1ccccn1. The summed E-state index contributed by atoms with van der Waals surface area (Å²) in [5.74, 6) is 0.893. The fourth-order valence-electron chi connectivity index (χ4n) is 2.80. The summed E-state index contributed by atoms with van der Waals surface area (Å²) >= 11 is 0. The maximum absolute atomic E-state index is 9.25. The van der Waals surface area contributed by atoms with Gasteiger partial charge in [-0.3, -0.25) is 4.57 Å². The maximum Gasteiger partial charge on any atom is 0.326 e. The summed E-state index contributed by atoms with van der Waals surface area (Å²) in [4.78, 5) is 4.47. The van der Waals surface area contributed by atoms with Crippen molar-refractivity contribution in [1.82, 2.24) is 9.55 Å². The summed E-state index contributed by atoms with van der Waals surface area (Å²) in [6.07, 6.45) is 1.80. The van der Waals surface area contributed by atoms with Crippen molar-refractivity contribution in [3.05, 3.63) is 66.9 Å². The molecule has 1 radical (unpaired) electrons. The Morgan fingerprint density at radius 1 is 0.857 bits per heavy atom. The lowest BCUT2D eigenvalue weighted by Crippen LogP contribution is -2.12. The first-order valence-electron chi connectivity index (χ1n) is 6.80. The molecule has 0 fully saturated rings. The zero-order valence-electron chi connectivity index (χ0n) is 11.3. The normalized spacial score (nSPS) is 11.1. The third kappa shape index (κ3) is 1.84. The molecule has 0 aliphatic heterocycles. The quantitative estimate of drug-likeness (QED) is 0.568. The summed E-state index contributed by atoms with van der Waals surface area (Å²) in [6.45, 7) is 0. The Balaban J connectivity index is 2.17. The van der Waals surface area contributed by atoms with Gasteiger partial charge in [-0.15, -0.1) is 0 Å². The Morgan fingerprint density at radius 3 is 2.48 bits per heavy atom. The topological polar surface area (TPSA) is 38.0 Å². The van der Waals surface area contributed by atoms with Crippen LogP contribution in [0.2, 0.25) is 0 Å². The third-order valence-corrected chi connectivity index (χ3v) is 3.72. The van der Waals surface area contributed by atoms with Crippen molar-refractivity contribution in [2.75, 3.05) is 0 Å². The number of fused-ring (bicyclic) bond motifs is 3. The number of aromatic nitrogens is 2. The van der Waals surface area contributed by atoms with Crippen molar-refractivity contribution < 1.29 is 5.02 Å². The second kappa shape index (κ2) is 4.75. The van der Waals surface area contributed by atoms with E-state index in [0.29, 0.717) is 0 Å². The van der Waals surface area contributed by atoms with Crippen molar-refractivity contribution in [1.29, 1.82) is 0 Å². The van der Waals surface area contributed by atoms with Crippen LogP contribution < -0.4 is 5.46 Å². The zero-order valence-corrected chi connectivity index (χ0v) is 11.3. The van der Waals surface area contributed by atoms with E-state index < -0.39 is 0 Å². The minimum atomic E-state index is 0.798. The van der Waals surface area contributed by atoms with E-state index in [-0.39, 0.29) is 0 Å². The number of hydrogen-bond acceptors (Lipinski definition) is 2. The standard InChI is InChI=1S/C17H12BN2O/c21-18-12-8-9-16-14(11-12)13-5-1-2-6-15(13)20(16)17-7-3-4-10-19-17/h1-11,21H. The molecule has 0 spiro atoms. The molecule has 0 unspecified atom stereocenters. The Labute approximate surface area is 122 Å². The van der Waals surface area contributed by atoms with E-state index in [4.69, 9.17) is 0 Å². The van der Waals surface area contributed by atoms with E-state index in [9.17, 15) is 5.02 Å². The van der Waals surface area contributed by atoms with Crippen LogP contribution in [0.4, 0.5) is 0 Å². The minimum Gasteiger partial charge on any atom is -0.450 e. The van der Waals surface area contributed by atoms with Crippen molar-refractivity contribution in [3.63, 3.8) is 0 Å². The van der Waals surface area contributed by atoms with Crippen LogP contribution in [0.25, 0.3) is 27.6 Å². The van der Waals surface area contributed by atoms with Crippen molar-refractivity contribution in [3.8, 4) is 5.82 Å². The molecule has 1 N–H and O–H groups in total. The van der Waals surface area contributed by atoms with Crippen LogP contribution in [0, 0.1) is 0 Å². The Morgan fingerprint density at radius 2 is 1.67 bits per heavy atom. The fourth-order valence-corrected chi connectivity index (χ4v) is 2.80. The van der Waals surface area contributed by atoms with Crippen LogP contribution in [0.1, 0.15) is 0 Å². The molecule has 2 aromatic heterocycles. The van der Waals surface area contributed by atoms with Crippen molar-refractivity contribution in [2.24, 2.45) is 0 Å². The molecule has 0 atom stereocenters. The molecule has 0 aliphatic carbocycles. The number of nitrogens with zero attached hydrogens (tertiary/aromatic N) is 2. The molecule has 4 rings (SSSR count). The first-order valence-corrected chi connectivity index (χ1v) is 6.80. The van der Waals surface area contributed by atoms with Gasteiger partial charge in [0.1, 0.15) is 5.82 Å². The second-order valence-corrected chi connectivity index (χ2v) is 4.95. The van der Waals surface area contributed by atoms with Gasteiger partial charge in [0.25, 0.3) is 0 Å². The molecule has 0 aliphatic rings. The van der Waals surface area contributed by atoms with E-state index in [2.05, 4.69) is 21.7 Å². The highest BCUT2D eigenvalue weighted by molar-refractivity contribution is 6.46. The lowest BCUT2D eigenvalue weighted by molar-refractivity contribution is 0.615. The van der Waals surface area contributed by atoms with Gasteiger partial charge < -0.3 is 5.02 Å². The predicted octanol–water partition coefficient (Wildman–Crippen LogP) is 2.42. The van der Waals surface area contributed by atoms with E-state index in [1.54, 1.807) is 6.20 Å². The molecule has 3 nitrogen and oxygen atoms in total. The third-order valence-electron chi connectivity index (χ3n) is 3.72. The average Bonchev–Trinajstić information content (AvgIpc) is 2.89. The Kier molecular flexibility index (Phi) is 2.76. The number of benzene rings is 2. The van der Waals surface area contributed by atoms with E-state index in [1.165, 1.54) is 0 Å². The van der Waals surface area contributed by atoms with Crippen molar-refractivity contribution in [2.45, 2.75) is 0 Å². The average molecular weight is 271 g/mol. The summed E-state index contributed by atoms with van der Waals surface area (Å²) in [7, 11) is 1.13. The monoisotopic (exact) mass is 271 g/mol. The van der Waals surface area contributed by atoms with Gasteiger partial charge in [0.2, 0.25) is 0 Å². The lowest BCUT2D eigenvalue weighted by atomic mass is 9.88. The summed E-state index contributed by atoms with van der Waals surface area (Å²) in [5.41, 5.74) is 2.99. The van der Waals surface area contributed by atoms with Gasteiger partial charge in [-0.1, -0.05) is 41.9 Å². The molecular weight excluding hydrogens is 259 g/mol. The molecule has 2 heterocycles. The van der Waals surface area contributed by atoms with Crippen LogP contribution in [-0.4, -0.2) is 22.1 Å². The van der Waals surface area contributed by atoms with Gasteiger partial charge in [-0.05, 0) is 24.3 Å². The smallest absolute Gasteiger partial charge is 0.326 e. The van der Waals surface area contributed by atoms with Crippen LogP contribution in [0.3, 0.4) is 0 Å². The molecule has 0 bridgehead atoms. The van der Waals surface area contributed by atoms with Crippen LogP contribution >= 0.6 is 0 Å². The van der Waals surface area contributed by atoms with Gasteiger partial charge in [-0.2, -0.15) is 0 Å². The number of pyridine rings is 1. The molecule has 2 aromatic carbocycles. The van der Waals surface area contributed by atoms with Gasteiger partial charge in [0.15, 0.2) is 0 Å². The largest absolute Gasteiger partial charge is 0.450 e. The highest BCUT2D eigenvalue weighted by Gasteiger charge is 2.12. The first-order chi connectivity index (χ1) is 10.4. The van der Waals surface area contributed by atoms with Gasteiger partial charge >= 0.3 is 7.48 Å². The van der Waals surface area contributed by atoms with Crippen LogP contribution in [0.5, 0.6) is 0 Å². The number of hydrogen-bond donors (Lipinski definition) is 1. The Hall–Kier alpha value is -2.59. The van der Waals surface area contributed by atoms with E-state index in [0.717, 1.165) is 40.6 Å². The summed E-state index contributed by atoms with van der Waals surface area (Å²) in [6, 6.07) is 20.1. The second-order valence-electron chi connectivity index (χ2n) is 4.95. The van der Waals surface area contributed by atoms with Gasteiger partial charge in [-0.25, -0.2) is 4.98 Å². The molecule has 0 amide bonds. The van der Waals surface area contributed by atoms with Crippen molar-refractivity contribution >= 4 is 34.8 Å². The maximum atomic E-state index is 9.25. The molecule has 0 saturated carbocycles. The summed E-state index contributed by atoms with van der Waals surface area (Å²) in [5, 5.41) is 11.5. The number of para-hydroxylation sites is 1. The first kappa shape index (κ1) is 12.2. The highest BCUT2D eigenvalue weighted by atomic mass is 16.2. The molecule has 21 heavy (non-hydrogen) atoms. The van der Waals surface area contributed by atoms with Gasteiger partial charge in [0, 0.05) is 17.0 Å². The molecular formula is C17H12BN2O. The zero-order chi connectivity index (χ0) is 14.2. The molecule has 99 valence electrons. The summed E-state index contributed by atoms with van der Waals surface area (Å²) < 4.78 is 2.14. The Bertz CT molecular complexity index is 931. The van der Waals surface area contributed by atoms with Crippen LogP contribution in [-0.2, 0) is 0 Å². The molecule has 0 saturated heterocycles. The van der Waals surface area contributed by atoms with Crippen LogP contribution in [0.15, 0.2) is 66.9 Å². The van der Waals surface area contributed by atoms with E-state index in [1.807, 2.05) is 48.5 Å². The van der Waals surface area contributed by atoms with Gasteiger partial charge in [0.05, 0.1) is 11.0 Å². The highest BCUT2D eigenvalue weighted by Crippen LogP contribution is 2.30. The lowest BCUT2D eigenvalue weighted by Gasteiger charge is -2.06. The fraction of sp³-hybridized carbons (Fsp3) is 0. The minimum absolute atomic E-state index is 0.798. The number of rotatable bonds is 2. The van der Waals surface area contributed by atoms with E-state index >= 15 is 0 Å². The molecule has 4 heteroatoms.